The second-order valence-corrected chi connectivity index (χ2v) is 6.53. The molecule has 0 radical (unpaired) electrons. The largest absolute Gasteiger partial charge is 0.489 e. The Hall–Kier alpha value is -3.41. The summed E-state index contributed by atoms with van der Waals surface area (Å²) in [6.45, 7) is 3.46. The van der Waals surface area contributed by atoms with Crippen molar-refractivity contribution in [1.82, 2.24) is 15.3 Å². The number of nitrogens with one attached hydrogen (secondary N) is 1. The highest BCUT2D eigenvalue weighted by atomic mass is 16.5. The van der Waals surface area contributed by atoms with Gasteiger partial charge in [0.05, 0.1) is 6.61 Å². The van der Waals surface area contributed by atoms with Crippen molar-refractivity contribution in [1.29, 1.82) is 0 Å². The van der Waals surface area contributed by atoms with Gasteiger partial charge in [-0.1, -0.05) is 31.5 Å². The van der Waals surface area contributed by atoms with E-state index >= 15 is 0 Å². The normalized spacial score (nSPS) is 10.4. The minimum Gasteiger partial charge on any atom is -0.489 e. The maximum absolute atomic E-state index is 12.6. The SMILES string of the molecule is CCCCOc1ncccc1CNC(=O)c1cccc(OCc2cccnc2)c1. The number of hydrogen-bond donors (Lipinski definition) is 1. The van der Waals surface area contributed by atoms with Crippen molar-refractivity contribution in [2.75, 3.05) is 6.61 Å². The van der Waals surface area contributed by atoms with Crippen LogP contribution in [0.2, 0.25) is 0 Å². The first-order chi connectivity index (χ1) is 14.3. The first-order valence-electron chi connectivity index (χ1n) is 9.73. The van der Waals surface area contributed by atoms with Crippen LogP contribution in [0.15, 0.2) is 67.1 Å². The summed E-state index contributed by atoms with van der Waals surface area (Å²) in [5.74, 6) is 1.02. The summed E-state index contributed by atoms with van der Waals surface area (Å²) in [5, 5.41) is 2.92. The summed E-state index contributed by atoms with van der Waals surface area (Å²) >= 11 is 0. The predicted octanol–water partition coefficient (Wildman–Crippen LogP) is 4.16. The molecular formula is C23H25N3O3. The van der Waals surface area contributed by atoms with Gasteiger partial charge in [-0.2, -0.15) is 0 Å². The molecule has 0 aliphatic heterocycles. The van der Waals surface area contributed by atoms with E-state index in [2.05, 4.69) is 22.2 Å². The van der Waals surface area contributed by atoms with Gasteiger partial charge >= 0.3 is 0 Å². The molecule has 0 aliphatic carbocycles. The summed E-state index contributed by atoms with van der Waals surface area (Å²) in [4.78, 5) is 20.9. The number of rotatable bonds is 10. The minimum absolute atomic E-state index is 0.180. The van der Waals surface area contributed by atoms with Crippen molar-refractivity contribution in [2.45, 2.75) is 32.9 Å². The van der Waals surface area contributed by atoms with Gasteiger partial charge in [0.25, 0.3) is 5.91 Å². The number of nitrogens with zero attached hydrogens (tertiary/aromatic N) is 2. The molecule has 0 saturated heterocycles. The third kappa shape index (κ3) is 6.31. The fourth-order valence-corrected chi connectivity index (χ4v) is 2.66. The van der Waals surface area contributed by atoms with Crippen LogP contribution in [0.1, 0.15) is 41.3 Å². The van der Waals surface area contributed by atoms with Crippen LogP contribution in [-0.4, -0.2) is 22.5 Å². The Kier molecular flexibility index (Phi) is 7.57. The van der Waals surface area contributed by atoms with Gasteiger partial charge in [0.2, 0.25) is 5.88 Å². The molecule has 0 aliphatic rings. The summed E-state index contributed by atoms with van der Waals surface area (Å²) in [5.41, 5.74) is 2.35. The molecule has 0 saturated carbocycles. The third-order valence-electron chi connectivity index (χ3n) is 4.25. The van der Waals surface area contributed by atoms with Crippen molar-refractivity contribution in [3.63, 3.8) is 0 Å². The van der Waals surface area contributed by atoms with Crippen LogP contribution in [0.5, 0.6) is 11.6 Å². The molecular weight excluding hydrogens is 366 g/mol. The molecule has 1 amide bonds. The molecule has 0 unspecified atom stereocenters. The monoisotopic (exact) mass is 391 g/mol. The first kappa shape index (κ1) is 20.3. The van der Waals surface area contributed by atoms with Gasteiger partial charge in [0.1, 0.15) is 12.4 Å². The maximum Gasteiger partial charge on any atom is 0.251 e. The Morgan fingerprint density at radius 3 is 2.79 bits per heavy atom. The van der Waals surface area contributed by atoms with Crippen molar-refractivity contribution >= 4 is 5.91 Å². The van der Waals surface area contributed by atoms with E-state index in [-0.39, 0.29) is 5.91 Å². The molecule has 150 valence electrons. The van der Waals surface area contributed by atoms with Crippen molar-refractivity contribution in [3.8, 4) is 11.6 Å². The number of ether oxygens (including phenoxy) is 2. The fraction of sp³-hybridized carbons (Fsp3) is 0.261. The van der Waals surface area contributed by atoms with E-state index < -0.39 is 0 Å². The third-order valence-corrected chi connectivity index (χ3v) is 4.25. The molecule has 0 fully saturated rings. The van der Waals surface area contributed by atoms with Crippen LogP contribution in [0.4, 0.5) is 0 Å². The number of hydrogen-bond acceptors (Lipinski definition) is 5. The number of amides is 1. The van der Waals surface area contributed by atoms with Crippen LogP contribution in [-0.2, 0) is 13.2 Å². The van der Waals surface area contributed by atoms with Gasteiger partial charge in [0, 0.05) is 41.8 Å². The minimum atomic E-state index is -0.180. The van der Waals surface area contributed by atoms with Gasteiger partial charge < -0.3 is 14.8 Å². The zero-order valence-electron chi connectivity index (χ0n) is 16.5. The fourth-order valence-electron chi connectivity index (χ4n) is 2.66. The molecule has 0 atom stereocenters. The Labute approximate surface area is 170 Å². The zero-order chi connectivity index (χ0) is 20.3. The van der Waals surface area contributed by atoms with Crippen molar-refractivity contribution in [2.24, 2.45) is 0 Å². The summed E-state index contributed by atoms with van der Waals surface area (Å²) < 4.78 is 11.5. The lowest BCUT2D eigenvalue weighted by atomic mass is 10.2. The van der Waals surface area contributed by atoms with Crippen LogP contribution in [0.3, 0.4) is 0 Å². The Balaban J connectivity index is 1.57. The van der Waals surface area contributed by atoms with Crippen molar-refractivity contribution < 1.29 is 14.3 Å². The molecule has 6 heteroatoms. The second kappa shape index (κ2) is 10.8. The summed E-state index contributed by atoms with van der Waals surface area (Å²) in [6, 6.07) is 14.7. The molecule has 3 aromatic rings. The molecule has 0 spiro atoms. The van der Waals surface area contributed by atoms with Gasteiger partial charge in [-0.15, -0.1) is 0 Å². The van der Waals surface area contributed by atoms with Crippen LogP contribution >= 0.6 is 0 Å². The number of carbonyl (C=O) groups is 1. The standard InChI is InChI=1S/C23H25N3O3/c1-2-3-13-28-23-20(9-6-12-25-23)16-26-22(27)19-8-4-10-21(14-19)29-17-18-7-5-11-24-15-18/h4-12,14-15H,2-3,13,16-17H2,1H3,(H,26,27). The van der Waals surface area contributed by atoms with E-state index in [4.69, 9.17) is 9.47 Å². The van der Waals surface area contributed by atoms with E-state index in [1.807, 2.05) is 30.3 Å². The van der Waals surface area contributed by atoms with E-state index in [1.54, 1.807) is 36.8 Å². The lowest BCUT2D eigenvalue weighted by Gasteiger charge is -2.11. The highest BCUT2D eigenvalue weighted by molar-refractivity contribution is 5.94. The number of pyridine rings is 2. The molecule has 2 heterocycles. The first-order valence-corrected chi connectivity index (χ1v) is 9.73. The average Bonchev–Trinajstić information content (AvgIpc) is 2.78. The van der Waals surface area contributed by atoms with E-state index in [9.17, 15) is 4.79 Å². The van der Waals surface area contributed by atoms with Crippen LogP contribution in [0, 0.1) is 0 Å². The maximum atomic E-state index is 12.6. The number of benzene rings is 1. The van der Waals surface area contributed by atoms with E-state index in [1.165, 1.54) is 0 Å². The van der Waals surface area contributed by atoms with Crippen LogP contribution in [0.25, 0.3) is 0 Å². The molecule has 2 aromatic heterocycles. The van der Waals surface area contributed by atoms with Gasteiger partial charge in [0.15, 0.2) is 0 Å². The average molecular weight is 391 g/mol. The van der Waals surface area contributed by atoms with E-state index in [0.717, 1.165) is 24.0 Å². The second-order valence-electron chi connectivity index (χ2n) is 6.53. The smallest absolute Gasteiger partial charge is 0.251 e. The molecule has 1 N–H and O–H groups in total. The Morgan fingerprint density at radius 2 is 1.97 bits per heavy atom. The quantitative estimate of drug-likeness (QED) is 0.525. The molecule has 3 rings (SSSR count). The lowest BCUT2D eigenvalue weighted by Crippen LogP contribution is -2.23. The number of carbonyl (C=O) groups excluding carboxylic acids is 1. The number of aromatic nitrogens is 2. The Morgan fingerprint density at radius 1 is 1.07 bits per heavy atom. The topological polar surface area (TPSA) is 73.3 Å². The zero-order valence-corrected chi connectivity index (χ0v) is 16.5. The lowest BCUT2D eigenvalue weighted by molar-refractivity contribution is 0.0950. The van der Waals surface area contributed by atoms with Gasteiger partial charge in [-0.05, 0) is 36.8 Å². The van der Waals surface area contributed by atoms with Crippen molar-refractivity contribution in [3.05, 3.63) is 83.8 Å². The predicted molar refractivity (Wildman–Crippen MR) is 111 cm³/mol. The van der Waals surface area contributed by atoms with E-state index in [0.29, 0.717) is 37.0 Å². The number of unbranched alkanes of at least 4 members (excludes halogenated alkanes) is 1. The molecule has 0 bridgehead atoms. The van der Waals surface area contributed by atoms with Crippen LogP contribution < -0.4 is 14.8 Å². The molecule has 1 aromatic carbocycles. The summed E-state index contributed by atoms with van der Waals surface area (Å²) in [6.07, 6.45) is 7.18. The molecule has 6 nitrogen and oxygen atoms in total. The van der Waals surface area contributed by atoms with Gasteiger partial charge in [-0.3, -0.25) is 9.78 Å². The Bertz CT molecular complexity index is 916. The highest BCUT2D eigenvalue weighted by Gasteiger charge is 2.10. The summed E-state index contributed by atoms with van der Waals surface area (Å²) in [7, 11) is 0. The molecule has 29 heavy (non-hydrogen) atoms. The van der Waals surface area contributed by atoms with Gasteiger partial charge in [-0.25, -0.2) is 4.98 Å². The highest BCUT2D eigenvalue weighted by Crippen LogP contribution is 2.17.